The van der Waals surface area contributed by atoms with Crippen LogP contribution in [-0.2, 0) is 6.42 Å². The second-order valence-electron chi connectivity index (χ2n) is 8.12. The summed E-state index contributed by atoms with van der Waals surface area (Å²) in [5.41, 5.74) is 4.43. The smallest absolute Gasteiger partial charge is 0.352 e. The fraction of sp³-hybridized carbons (Fsp3) is 0.160. The highest BCUT2D eigenvalue weighted by Crippen LogP contribution is 2.45. The van der Waals surface area contributed by atoms with Gasteiger partial charge in [0.1, 0.15) is 17.3 Å². The van der Waals surface area contributed by atoms with Gasteiger partial charge in [-0.05, 0) is 53.3 Å². The Hall–Kier alpha value is -3.67. The molecule has 156 valence electrons. The summed E-state index contributed by atoms with van der Waals surface area (Å²) in [4.78, 5) is 18.3. The number of aromatic carboxylic acids is 1. The molecular formula is C25H20F2N2O2. The van der Waals surface area contributed by atoms with Crippen LogP contribution in [0.25, 0.3) is 39.4 Å². The first-order valence-electron chi connectivity index (χ1n) is 10.1. The van der Waals surface area contributed by atoms with Crippen molar-refractivity contribution in [1.82, 2.24) is 9.97 Å². The zero-order valence-electron chi connectivity index (χ0n) is 17.0. The maximum atomic E-state index is 15.2. The number of benzene rings is 2. The van der Waals surface area contributed by atoms with E-state index >= 15 is 4.39 Å². The first-order valence-corrected chi connectivity index (χ1v) is 10.1. The fourth-order valence-corrected chi connectivity index (χ4v) is 4.63. The van der Waals surface area contributed by atoms with Gasteiger partial charge in [-0.1, -0.05) is 32.1 Å². The van der Waals surface area contributed by atoms with Crippen LogP contribution in [0.1, 0.15) is 46.9 Å². The lowest BCUT2D eigenvalue weighted by molar-refractivity contribution is 0.0692. The minimum atomic E-state index is -1.19. The zero-order valence-corrected chi connectivity index (χ0v) is 17.0. The predicted octanol–water partition coefficient (Wildman–Crippen LogP) is 6.50. The number of H-pyrrole nitrogens is 2. The van der Waals surface area contributed by atoms with E-state index in [0.29, 0.717) is 39.9 Å². The minimum absolute atomic E-state index is 0.0979. The van der Waals surface area contributed by atoms with E-state index in [9.17, 15) is 14.3 Å². The van der Waals surface area contributed by atoms with E-state index in [4.69, 9.17) is 0 Å². The first kappa shape index (κ1) is 19.3. The average molecular weight is 418 g/mol. The van der Waals surface area contributed by atoms with Crippen molar-refractivity contribution in [2.24, 2.45) is 0 Å². The van der Waals surface area contributed by atoms with E-state index in [1.807, 2.05) is 32.1 Å². The Morgan fingerprint density at radius 3 is 2.68 bits per heavy atom. The Bertz CT molecular complexity index is 1390. The SMILES string of the molecule is CC(C)c1c(-c2cc(F)cc3[nH]ccc23)[nH]c(C(=O)O)c1-c1c(F)ccc2c1C=CC2. The molecule has 1 aliphatic rings. The molecule has 0 bridgehead atoms. The van der Waals surface area contributed by atoms with E-state index in [1.54, 1.807) is 12.3 Å². The third-order valence-corrected chi connectivity index (χ3v) is 5.89. The molecule has 0 fully saturated rings. The molecule has 2 heterocycles. The Morgan fingerprint density at radius 2 is 1.94 bits per heavy atom. The van der Waals surface area contributed by atoms with Gasteiger partial charge in [-0.15, -0.1) is 0 Å². The second-order valence-corrected chi connectivity index (χ2v) is 8.12. The highest BCUT2D eigenvalue weighted by atomic mass is 19.1. The molecule has 0 saturated carbocycles. The van der Waals surface area contributed by atoms with Crippen molar-refractivity contribution in [3.8, 4) is 22.4 Å². The van der Waals surface area contributed by atoms with Gasteiger partial charge in [-0.2, -0.15) is 0 Å². The Kier molecular flexibility index (Phi) is 4.32. The largest absolute Gasteiger partial charge is 0.477 e. The van der Waals surface area contributed by atoms with Gasteiger partial charge in [0, 0.05) is 33.8 Å². The number of halogens is 2. The van der Waals surface area contributed by atoms with Gasteiger partial charge >= 0.3 is 5.97 Å². The lowest BCUT2D eigenvalue weighted by atomic mass is 9.87. The van der Waals surface area contributed by atoms with Gasteiger partial charge in [0.15, 0.2) is 0 Å². The summed E-state index contributed by atoms with van der Waals surface area (Å²) < 4.78 is 29.6. The summed E-state index contributed by atoms with van der Waals surface area (Å²) in [5, 5.41) is 10.8. The Labute approximate surface area is 177 Å². The third kappa shape index (κ3) is 2.90. The van der Waals surface area contributed by atoms with Gasteiger partial charge in [0.25, 0.3) is 0 Å². The van der Waals surface area contributed by atoms with Crippen molar-refractivity contribution in [2.75, 3.05) is 0 Å². The average Bonchev–Trinajstić information content (AvgIpc) is 3.44. The summed E-state index contributed by atoms with van der Waals surface area (Å²) in [7, 11) is 0. The molecule has 0 saturated heterocycles. The molecule has 4 aromatic rings. The molecular weight excluding hydrogens is 398 g/mol. The maximum absolute atomic E-state index is 15.2. The molecule has 3 N–H and O–H groups in total. The number of rotatable bonds is 4. The number of hydrogen-bond donors (Lipinski definition) is 3. The molecule has 0 atom stereocenters. The van der Waals surface area contributed by atoms with Crippen LogP contribution in [-0.4, -0.2) is 21.0 Å². The highest BCUT2D eigenvalue weighted by molar-refractivity contribution is 6.03. The standard InChI is InChI=1S/C25H20F2N2O2/c1-12(2)20-22(21-15-5-3-4-13(15)6-7-18(21)27)24(25(30)31)29-23(20)17-10-14(26)11-19-16(17)8-9-28-19/h3,5-12,28-29H,4H2,1-2H3,(H,30,31). The van der Waals surface area contributed by atoms with Gasteiger partial charge in [-0.3, -0.25) is 0 Å². The molecule has 5 rings (SSSR count). The second kappa shape index (κ2) is 6.94. The van der Waals surface area contributed by atoms with Crippen LogP contribution >= 0.6 is 0 Å². The van der Waals surface area contributed by atoms with Gasteiger partial charge < -0.3 is 15.1 Å². The number of fused-ring (bicyclic) bond motifs is 2. The number of carboxylic acids is 1. The molecule has 31 heavy (non-hydrogen) atoms. The summed E-state index contributed by atoms with van der Waals surface area (Å²) in [6, 6.07) is 7.71. The molecule has 0 amide bonds. The lowest BCUT2D eigenvalue weighted by Crippen LogP contribution is -2.03. The maximum Gasteiger partial charge on any atom is 0.352 e. The van der Waals surface area contributed by atoms with E-state index < -0.39 is 17.6 Å². The molecule has 6 heteroatoms. The van der Waals surface area contributed by atoms with Crippen LogP contribution in [0.2, 0.25) is 0 Å². The molecule has 2 aromatic heterocycles. The van der Waals surface area contributed by atoms with Crippen molar-refractivity contribution < 1.29 is 18.7 Å². The van der Waals surface area contributed by atoms with Crippen molar-refractivity contribution >= 4 is 22.9 Å². The van der Waals surface area contributed by atoms with E-state index in [2.05, 4.69) is 9.97 Å². The molecule has 0 radical (unpaired) electrons. The monoisotopic (exact) mass is 418 g/mol. The molecule has 2 aromatic carbocycles. The lowest BCUT2D eigenvalue weighted by Gasteiger charge is -2.15. The normalized spacial score (nSPS) is 12.8. The van der Waals surface area contributed by atoms with Crippen LogP contribution in [0.15, 0.2) is 42.6 Å². The summed E-state index contributed by atoms with van der Waals surface area (Å²) in [6.45, 7) is 3.85. The number of carboxylic acid groups (broad SMARTS) is 1. The number of aromatic nitrogens is 2. The number of hydrogen-bond acceptors (Lipinski definition) is 1. The summed E-state index contributed by atoms with van der Waals surface area (Å²) >= 11 is 0. The van der Waals surface area contributed by atoms with Crippen molar-refractivity contribution in [3.63, 3.8) is 0 Å². The predicted molar refractivity (Wildman–Crippen MR) is 117 cm³/mol. The first-order chi connectivity index (χ1) is 14.9. The van der Waals surface area contributed by atoms with Crippen molar-refractivity contribution in [2.45, 2.75) is 26.2 Å². The molecule has 4 nitrogen and oxygen atoms in total. The van der Waals surface area contributed by atoms with E-state index in [-0.39, 0.29) is 17.2 Å². The van der Waals surface area contributed by atoms with Crippen LogP contribution in [0, 0.1) is 11.6 Å². The molecule has 0 spiro atoms. The van der Waals surface area contributed by atoms with Gasteiger partial charge in [-0.25, -0.2) is 13.6 Å². The Balaban J connectivity index is 1.91. The molecule has 1 aliphatic carbocycles. The quantitative estimate of drug-likeness (QED) is 0.354. The van der Waals surface area contributed by atoms with Crippen molar-refractivity contribution in [3.05, 3.63) is 76.6 Å². The number of carbonyl (C=O) groups is 1. The van der Waals surface area contributed by atoms with Crippen LogP contribution < -0.4 is 0 Å². The van der Waals surface area contributed by atoms with Crippen LogP contribution in [0.4, 0.5) is 8.78 Å². The molecule has 0 aliphatic heterocycles. The third-order valence-electron chi connectivity index (χ3n) is 5.89. The summed E-state index contributed by atoms with van der Waals surface area (Å²) in [5.74, 6) is -2.26. The van der Waals surface area contributed by atoms with E-state index in [1.165, 1.54) is 18.2 Å². The van der Waals surface area contributed by atoms with Gasteiger partial charge in [0.05, 0.1) is 5.69 Å². The molecule has 0 unspecified atom stereocenters. The fourth-order valence-electron chi connectivity index (χ4n) is 4.63. The number of nitrogens with one attached hydrogen (secondary N) is 2. The van der Waals surface area contributed by atoms with Crippen LogP contribution in [0.3, 0.4) is 0 Å². The van der Waals surface area contributed by atoms with Crippen LogP contribution in [0.5, 0.6) is 0 Å². The minimum Gasteiger partial charge on any atom is -0.477 e. The Morgan fingerprint density at radius 1 is 1.13 bits per heavy atom. The zero-order chi connectivity index (χ0) is 21.9. The number of aromatic amines is 2. The van der Waals surface area contributed by atoms with Gasteiger partial charge in [0.2, 0.25) is 0 Å². The van der Waals surface area contributed by atoms with Crippen molar-refractivity contribution in [1.29, 1.82) is 0 Å². The highest BCUT2D eigenvalue weighted by Gasteiger charge is 2.30. The number of allylic oxidation sites excluding steroid dienone is 1. The topological polar surface area (TPSA) is 68.9 Å². The summed E-state index contributed by atoms with van der Waals surface area (Å²) in [6.07, 6.45) is 6.15. The van der Waals surface area contributed by atoms with E-state index in [0.717, 1.165) is 10.9 Å².